The first-order valence-corrected chi connectivity index (χ1v) is 7.09. The molecule has 0 amide bonds. The van der Waals surface area contributed by atoms with Crippen LogP contribution >= 0.6 is 0 Å². The minimum absolute atomic E-state index is 0.440. The summed E-state index contributed by atoms with van der Waals surface area (Å²) in [7, 11) is 2.02. The van der Waals surface area contributed by atoms with Crippen LogP contribution in [-0.2, 0) is 0 Å². The Morgan fingerprint density at radius 3 is 3.00 bits per heavy atom. The highest BCUT2D eigenvalue weighted by atomic mass is 16.4. The number of rotatable bonds is 3. The Kier molecular flexibility index (Phi) is 3.42. The van der Waals surface area contributed by atoms with Gasteiger partial charge in [0.15, 0.2) is 5.58 Å². The first-order valence-electron chi connectivity index (χ1n) is 7.09. The maximum absolute atomic E-state index is 5.92. The van der Waals surface area contributed by atoms with E-state index in [0.717, 1.165) is 23.7 Å². The van der Waals surface area contributed by atoms with Crippen molar-refractivity contribution >= 4 is 17.1 Å². The minimum Gasteiger partial charge on any atom is -0.423 e. The zero-order chi connectivity index (χ0) is 13.2. The van der Waals surface area contributed by atoms with Crippen molar-refractivity contribution in [1.82, 2.24) is 10.3 Å². The van der Waals surface area contributed by atoms with Crippen molar-refractivity contribution < 1.29 is 4.42 Å². The molecule has 2 aromatic rings. The number of oxazole rings is 1. The zero-order valence-corrected chi connectivity index (χ0v) is 11.6. The third kappa shape index (κ3) is 2.32. The van der Waals surface area contributed by atoms with Crippen molar-refractivity contribution in [2.45, 2.75) is 38.3 Å². The van der Waals surface area contributed by atoms with Gasteiger partial charge in [-0.3, -0.25) is 0 Å². The van der Waals surface area contributed by atoms with Gasteiger partial charge in [-0.1, -0.05) is 12.1 Å². The van der Waals surface area contributed by atoms with Gasteiger partial charge in [0.05, 0.1) is 0 Å². The monoisotopic (exact) mass is 259 g/mol. The smallest absolute Gasteiger partial charge is 0.298 e. The maximum atomic E-state index is 5.92. The van der Waals surface area contributed by atoms with Crippen LogP contribution < -0.4 is 10.2 Å². The molecule has 3 rings (SSSR count). The van der Waals surface area contributed by atoms with Crippen LogP contribution in [0.4, 0.5) is 6.01 Å². The fourth-order valence-electron chi connectivity index (χ4n) is 2.89. The molecule has 1 aromatic heterocycles. The largest absolute Gasteiger partial charge is 0.423 e. The van der Waals surface area contributed by atoms with E-state index < -0.39 is 0 Å². The van der Waals surface area contributed by atoms with Crippen molar-refractivity contribution in [2.24, 2.45) is 0 Å². The molecule has 1 aliphatic rings. The predicted molar refractivity (Wildman–Crippen MR) is 77.5 cm³/mol. The van der Waals surface area contributed by atoms with Gasteiger partial charge in [-0.15, -0.1) is 0 Å². The van der Waals surface area contributed by atoms with Gasteiger partial charge in [0, 0.05) is 18.6 Å². The first kappa shape index (κ1) is 12.5. The number of hydrogen-bond acceptors (Lipinski definition) is 4. The van der Waals surface area contributed by atoms with Gasteiger partial charge in [-0.2, -0.15) is 4.98 Å². The molecule has 4 nitrogen and oxygen atoms in total. The van der Waals surface area contributed by atoms with Gasteiger partial charge in [0.1, 0.15) is 5.52 Å². The van der Waals surface area contributed by atoms with Crippen LogP contribution in [0.2, 0.25) is 0 Å². The summed E-state index contributed by atoms with van der Waals surface area (Å²) in [5.41, 5.74) is 1.82. The van der Waals surface area contributed by atoms with Crippen molar-refractivity contribution in [3.63, 3.8) is 0 Å². The molecule has 102 valence electrons. The normalized spacial score (nSPS) is 21.8. The fourth-order valence-corrected chi connectivity index (χ4v) is 2.89. The highest BCUT2D eigenvalue weighted by Crippen LogP contribution is 2.28. The molecule has 1 fully saturated rings. The predicted octanol–water partition coefficient (Wildman–Crippen LogP) is 2.79. The number of anilines is 1. The van der Waals surface area contributed by atoms with E-state index >= 15 is 0 Å². The van der Waals surface area contributed by atoms with E-state index in [1.54, 1.807) is 0 Å². The van der Waals surface area contributed by atoms with E-state index in [1.807, 2.05) is 31.3 Å². The van der Waals surface area contributed by atoms with E-state index in [4.69, 9.17) is 4.42 Å². The van der Waals surface area contributed by atoms with Crippen molar-refractivity contribution in [3.05, 3.63) is 24.3 Å². The lowest BCUT2D eigenvalue weighted by atomic mass is 9.97. The van der Waals surface area contributed by atoms with Crippen LogP contribution in [0.15, 0.2) is 28.7 Å². The number of likely N-dealkylation sites (N-methyl/N-ethyl adjacent to an activating group) is 1. The number of nitrogens with zero attached hydrogens (tertiary/aromatic N) is 2. The number of para-hydroxylation sites is 2. The van der Waals surface area contributed by atoms with Gasteiger partial charge in [-0.25, -0.2) is 0 Å². The van der Waals surface area contributed by atoms with E-state index in [0.29, 0.717) is 12.1 Å². The third-order valence-electron chi connectivity index (χ3n) is 4.11. The van der Waals surface area contributed by atoms with Gasteiger partial charge < -0.3 is 14.6 Å². The molecule has 0 spiro atoms. The maximum Gasteiger partial charge on any atom is 0.298 e. The van der Waals surface area contributed by atoms with Crippen LogP contribution in [0.1, 0.15) is 26.2 Å². The summed E-state index contributed by atoms with van der Waals surface area (Å²) in [5, 5.41) is 3.36. The SMILES string of the molecule is CNC(C)C1CCCCN1c1nc2ccccc2o1. The number of piperidine rings is 1. The molecule has 4 heteroatoms. The summed E-state index contributed by atoms with van der Waals surface area (Å²) in [6.45, 7) is 3.26. The number of hydrogen-bond donors (Lipinski definition) is 1. The minimum atomic E-state index is 0.440. The number of aromatic nitrogens is 1. The summed E-state index contributed by atoms with van der Waals surface area (Å²) < 4.78 is 5.92. The molecule has 2 heterocycles. The Labute approximate surface area is 113 Å². The molecule has 1 saturated heterocycles. The van der Waals surface area contributed by atoms with Crippen LogP contribution in [0.5, 0.6) is 0 Å². The summed E-state index contributed by atoms with van der Waals surface area (Å²) in [6, 6.07) is 9.64. The molecule has 2 atom stereocenters. The number of benzene rings is 1. The third-order valence-corrected chi connectivity index (χ3v) is 4.11. The second kappa shape index (κ2) is 5.21. The van der Waals surface area contributed by atoms with Gasteiger partial charge >= 0.3 is 0 Å². The van der Waals surface area contributed by atoms with E-state index in [9.17, 15) is 0 Å². The molecule has 0 aliphatic carbocycles. The Hall–Kier alpha value is -1.55. The van der Waals surface area contributed by atoms with Crippen molar-refractivity contribution in [2.75, 3.05) is 18.5 Å². The topological polar surface area (TPSA) is 41.3 Å². The standard InChI is InChI=1S/C15H21N3O/c1-11(16-2)13-8-5-6-10-18(13)15-17-12-7-3-4-9-14(12)19-15/h3-4,7,9,11,13,16H,5-6,8,10H2,1-2H3. The second-order valence-electron chi connectivity index (χ2n) is 5.30. The van der Waals surface area contributed by atoms with Crippen LogP contribution in [-0.4, -0.2) is 30.7 Å². The molecule has 1 N–H and O–H groups in total. The lowest BCUT2D eigenvalue weighted by Crippen LogP contribution is -2.50. The average molecular weight is 259 g/mol. The highest BCUT2D eigenvalue weighted by Gasteiger charge is 2.29. The summed E-state index contributed by atoms with van der Waals surface area (Å²) >= 11 is 0. The Balaban J connectivity index is 1.93. The summed E-state index contributed by atoms with van der Waals surface area (Å²) in [5.74, 6) is 0. The highest BCUT2D eigenvalue weighted by molar-refractivity contribution is 5.74. The van der Waals surface area contributed by atoms with Crippen molar-refractivity contribution in [3.8, 4) is 0 Å². The van der Waals surface area contributed by atoms with Crippen LogP contribution in [0.3, 0.4) is 0 Å². The Morgan fingerprint density at radius 1 is 1.37 bits per heavy atom. The zero-order valence-electron chi connectivity index (χ0n) is 11.6. The fraction of sp³-hybridized carbons (Fsp3) is 0.533. The molecule has 19 heavy (non-hydrogen) atoms. The lowest BCUT2D eigenvalue weighted by Gasteiger charge is -2.38. The van der Waals surface area contributed by atoms with E-state index in [2.05, 4.69) is 22.1 Å². The molecule has 0 bridgehead atoms. The molecule has 2 unspecified atom stereocenters. The van der Waals surface area contributed by atoms with E-state index in [-0.39, 0.29) is 0 Å². The second-order valence-corrected chi connectivity index (χ2v) is 5.30. The molecule has 1 aliphatic heterocycles. The van der Waals surface area contributed by atoms with Crippen LogP contribution in [0.25, 0.3) is 11.1 Å². The van der Waals surface area contributed by atoms with E-state index in [1.165, 1.54) is 19.3 Å². The lowest BCUT2D eigenvalue weighted by molar-refractivity contribution is 0.362. The molecular weight excluding hydrogens is 238 g/mol. The average Bonchev–Trinajstić information content (AvgIpc) is 2.90. The quantitative estimate of drug-likeness (QED) is 0.920. The van der Waals surface area contributed by atoms with Gasteiger partial charge in [-0.05, 0) is 45.4 Å². The number of fused-ring (bicyclic) bond motifs is 1. The molecule has 0 saturated carbocycles. The molecule has 1 aromatic carbocycles. The Morgan fingerprint density at radius 2 is 2.21 bits per heavy atom. The molecule has 0 radical (unpaired) electrons. The summed E-state index contributed by atoms with van der Waals surface area (Å²) in [4.78, 5) is 6.96. The van der Waals surface area contributed by atoms with Crippen LogP contribution in [0, 0.1) is 0 Å². The Bertz CT molecular complexity index is 518. The first-order chi connectivity index (χ1) is 9.29. The molecular formula is C15H21N3O. The van der Waals surface area contributed by atoms with Gasteiger partial charge in [0.2, 0.25) is 0 Å². The van der Waals surface area contributed by atoms with Crippen molar-refractivity contribution in [1.29, 1.82) is 0 Å². The van der Waals surface area contributed by atoms with Gasteiger partial charge in [0.25, 0.3) is 6.01 Å². The summed E-state index contributed by atoms with van der Waals surface area (Å²) in [6.07, 6.45) is 3.69. The number of nitrogens with one attached hydrogen (secondary N) is 1.